The fourth-order valence-corrected chi connectivity index (χ4v) is 5.07. The van der Waals surface area contributed by atoms with E-state index in [-0.39, 0.29) is 5.91 Å². The highest BCUT2D eigenvalue weighted by Crippen LogP contribution is 2.47. The molecule has 0 fully saturated rings. The van der Waals surface area contributed by atoms with Crippen LogP contribution in [0.4, 0.5) is 11.4 Å². The van der Waals surface area contributed by atoms with Crippen molar-refractivity contribution >= 4 is 46.4 Å². The second kappa shape index (κ2) is 8.81. The van der Waals surface area contributed by atoms with Gasteiger partial charge in [0, 0.05) is 22.5 Å². The van der Waals surface area contributed by atoms with Crippen molar-refractivity contribution in [3.63, 3.8) is 0 Å². The number of rotatable bonds is 5. The molecule has 7 heteroatoms. The minimum absolute atomic E-state index is 0.112. The van der Waals surface area contributed by atoms with Crippen LogP contribution in [-0.2, 0) is 4.79 Å². The number of nitrogens with zero attached hydrogens (tertiary/aromatic N) is 3. The highest BCUT2D eigenvalue weighted by Gasteiger charge is 2.32. The first-order valence-electron chi connectivity index (χ1n) is 10.2. The number of hydrogen-bond acceptors (Lipinski definition) is 5. The van der Waals surface area contributed by atoms with Crippen molar-refractivity contribution in [1.82, 2.24) is 0 Å². The van der Waals surface area contributed by atoms with E-state index in [1.807, 2.05) is 13.0 Å². The molecule has 0 bridgehead atoms. The summed E-state index contributed by atoms with van der Waals surface area (Å²) in [5.41, 5.74) is 4.19. The second-order valence-corrected chi connectivity index (χ2v) is 8.69. The van der Waals surface area contributed by atoms with Crippen LogP contribution in [0.25, 0.3) is 0 Å². The summed E-state index contributed by atoms with van der Waals surface area (Å²) in [6.45, 7) is 6.90. The summed E-state index contributed by atoms with van der Waals surface area (Å²) in [4.78, 5) is 16.7. The molecular weight excluding hydrogens is 430 g/mol. The van der Waals surface area contributed by atoms with Gasteiger partial charge in [-0.25, -0.2) is 0 Å². The molecule has 1 amide bonds. The summed E-state index contributed by atoms with van der Waals surface area (Å²) < 4.78 is 5.40. The normalized spacial score (nSPS) is 18.5. The van der Waals surface area contributed by atoms with E-state index in [4.69, 9.17) is 16.3 Å². The molecule has 31 heavy (non-hydrogen) atoms. The molecule has 5 nitrogen and oxygen atoms in total. The van der Waals surface area contributed by atoms with E-state index in [0.717, 1.165) is 40.7 Å². The molecular formula is C24H24ClN3O2S. The first-order chi connectivity index (χ1) is 15.0. The summed E-state index contributed by atoms with van der Waals surface area (Å²) >= 11 is 7.70. The Morgan fingerprint density at radius 2 is 1.94 bits per heavy atom. The monoisotopic (exact) mass is 453 g/mol. The number of carbonyl (C=O) groups excluding carboxylic acids is 1. The number of ether oxygens (including phenoxy) is 1. The Bertz CT molecular complexity index is 1120. The zero-order valence-corrected chi connectivity index (χ0v) is 19.5. The van der Waals surface area contributed by atoms with Gasteiger partial charge in [-0.2, -0.15) is 10.1 Å². The van der Waals surface area contributed by atoms with Gasteiger partial charge >= 0.3 is 0 Å². The van der Waals surface area contributed by atoms with Crippen molar-refractivity contribution < 1.29 is 9.53 Å². The van der Waals surface area contributed by atoms with Crippen LogP contribution < -0.4 is 14.6 Å². The van der Waals surface area contributed by atoms with Crippen molar-refractivity contribution in [2.45, 2.75) is 32.1 Å². The molecule has 0 atom stereocenters. The second-order valence-electron chi connectivity index (χ2n) is 7.20. The van der Waals surface area contributed by atoms with Gasteiger partial charge in [-0.1, -0.05) is 30.3 Å². The predicted octanol–water partition coefficient (Wildman–Crippen LogP) is 6.25. The van der Waals surface area contributed by atoms with Crippen LogP contribution in [0, 0.1) is 0 Å². The molecule has 0 saturated carbocycles. The van der Waals surface area contributed by atoms with Gasteiger partial charge in [0.2, 0.25) is 0 Å². The third-order valence-electron chi connectivity index (χ3n) is 5.34. The number of carbonyl (C=O) groups is 1. The van der Waals surface area contributed by atoms with E-state index in [9.17, 15) is 4.79 Å². The van der Waals surface area contributed by atoms with E-state index in [1.54, 1.807) is 43.1 Å². The van der Waals surface area contributed by atoms with E-state index < -0.39 is 0 Å². The first kappa shape index (κ1) is 21.5. The summed E-state index contributed by atoms with van der Waals surface area (Å²) in [6.07, 6.45) is 2.85. The first-order valence-corrected chi connectivity index (χ1v) is 11.4. The van der Waals surface area contributed by atoms with E-state index in [2.05, 4.69) is 42.1 Å². The largest absolute Gasteiger partial charge is 0.497 e. The van der Waals surface area contributed by atoms with Crippen LogP contribution in [0.15, 0.2) is 74.7 Å². The number of hydrazone groups is 1. The quantitative estimate of drug-likeness (QED) is 0.502. The van der Waals surface area contributed by atoms with Crippen LogP contribution in [0.5, 0.6) is 5.75 Å². The number of thioether (sulfide) groups is 1. The number of benzene rings is 2. The number of fused-ring (bicyclic) bond motifs is 1. The van der Waals surface area contributed by atoms with Gasteiger partial charge in [-0.15, -0.1) is 0 Å². The highest BCUT2D eigenvalue weighted by atomic mass is 35.5. The topological polar surface area (TPSA) is 45.1 Å². The minimum atomic E-state index is -0.112. The summed E-state index contributed by atoms with van der Waals surface area (Å²) in [6, 6.07) is 13.2. The number of halogens is 1. The maximum absolute atomic E-state index is 13.3. The molecule has 0 saturated heterocycles. The predicted molar refractivity (Wildman–Crippen MR) is 129 cm³/mol. The highest BCUT2D eigenvalue weighted by molar-refractivity contribution is 8.03. The molecule has 4 rings (SSSR count). The number of allylic oxidation sites excluding steroid dienone is 2. The minimum Gasteiger partial charge on any atom is -0.497 e. The van der Waals surface area contributed by atoms with Gasteiger partial charge in [0.05, 0.1) is 34.8 Å². The lowest BCUT2D eigenvalue weighted by Crippen LogP contribution is -2.22. The fraction of sp³-hybridized carbons (Fsp3) is 0.250. The van der Waals surface area contributed by atoms with Crippen molar-refractivity contribution in [1.29, 1.82) is 0 Å². The molecule has 2 heterocycles. The standard InChI is InChI=1S/C24H24ClN3O2S/c1-5-16(13-22-27(6-2)20-14-19(30-4)11-12-21(20)31-22)23-15(3)26-28(24(23)29)18-9-7-17(25)8-10-18/h7-14H,5-6H2,1-4H3/b22-13-,23-16-. The summed E-state index contributed by atoms with van der Waals surface area (Å²) in [5, 5.41) is 7.70. The smallest absolute Gasteiger partial charge is 0.280 e. The molecule has 160 valence electrons. The van der Waals surface area contributed by atoms with Crippen molar-refractivity contribution in [3.8, 4) is 5.75 Å². The van der Waals surface area contributed by atoms with Crippen molar-refractivity contribution in [2.75, 3.05) is 23.6 Å². The van der Waals surface area contributed by atoms with Crippen LogP contribution in [0.2, 0.25) is 5.02 Å². The SMILES string of the molecule is CCC(/C=C1\Sc2ccc(OC)cc2N1CC)=C1/C(=O)N(c2ccc(Cl)cc2)N=C1C. The number of amides is 1. The Labute approximate surface area is 192 Å². The van der Waals surface area contributed by atoms with E-state index in [0.29, 0.717) is 16.3 Å². The maximum atomic E-state index is 13.3. The van der Waals surface area contributed by atoms with Crippen molar-refractivity contribution in [3.05, 3.63) is 69.7 Å². The molecule has 2 aliphatic heterocycles. The van der Waals surface area contributed by atoms with Gasteiger partial charge < -0.3 is 9.64 Å². The molecule has 0 aromatic heterocycles. The number of hydrogen-bond donors (Lipinski definition) is 0. The van der Waals surface area contributed by atoms with Crippen molar-refractivity contribution in [2.24, 2.45) is 5.10 Å². The zero-order chi connectivity index (χ0) is 22.1. The Balaban J connectivity index is 1.71. The Morgan fingerprint density at radius 3 is 2.58 bits per heavy atom. The van der Waals surface area contributed by atoms with Crippen LogP contribution in [-0.4, -0.2) is 25.3 Å². The third-order valence-corrected chi connectivity index (χ3v) is 6.71. The fourth-order valence-electron chi connectivity index (χ4n) is 3.77. The molecule has 2 aromatic carbocycles. The van der Waals surface area contributed by atoms with Crippen LogP contribution in [0.3, 0.4) is 0 Å². The molecule has 0 N–H and O–H groups in total. The third kappa shape index (κ3) is 3.98. The average Bonchev–Trinajstić information content (AvgIpc) is 3.27. The van der Waals surface area contributed by atoms with Crippen LogP contribution >= 0.6 is 23.4 Å². The van der Waals surface area contributed by atoms with Crippen LogP contribution in [0.1, 0.15) is 27.2 Å². The Hall–Kier alpha value is -2.70. The molecule has 2 aliphatic rings. The summed E-state index contributed by atoms with van der Waals surface area (Å²) in [7, 11) is 1.68. The molecule has 0 aliphatic carbocycles. The van der Waals surface area contributed by atoms with E-state index in [1.165, 1.54) is 9.90 Å². The lowest BCUT2D eigenvalue weighted by Gasteiger charge is -2.19. The number of anilines is 2. The molecule has 0 radical (unpaired) electrons. The maximum Gasteiger partial charge on any atom is 0.280 e. The van der Waals surface area contributed by atoms with Gasteiger partial charge in [0.15, 0.2) is 0 Å². The average molecular weight is 454 g/mol. The van der Waals surface area contributed by atoms with Gasteiger partial charge in [-0.05, 0) is 68.3 Å². The number of methoxy groups -OCH3 is 1. The zero-order valence-electron chi connectivity index (χ0n) is 18.0. The van der Waals surface area contributed by atoms with Gasteiger partial charge in [0.1, 0.15) is 5.75 Å². The molecule has 0 unspecified atom stereocenters. The Morgan fingerprint density at radius 1 is 1.19 bits per heavy atom. The summed E-state index contributed by atoms with van der Waals surface area (Å²) in [5.74, 6) is 0.722. The lowest BCUT2D eigenvalue weighted by atomic mass is 10.0. The van der Waals surface area contributed by atoms with Gasteiger partial charge in [-0.3, -0.25) is 4.79 Å². The molecule has 0 spiro atoms. The lowest BCUT2D eigenvalue weighted by molar-refractivity contribution is -0.114. The van der Waals surface area contributed by atoms with Gasteiger partial charge in [0.25, 0.3) is 5.91 Å². The van der Waals surface area contributed by atoms with E-state index >= 15 is 0 Å². The Kier molecular flexibility index (Phi) is 6.12. The molecule has 2 aromatic rings.